The molecule has 17 heavy (non-hydrogen) atoms. The molecule has 0 saturated heterocycles. The molecule has 5 heteroatoms. The Bertz CT molecular complexity index is 448. The normalized spacial score (nSPS) is 11.9. The lowest BCUT2D eigenvalue weighted by Crippen LogP contribution is -2.43. The fourth-order valence-corrected chi connectivity index (χ4v) is 2.10. The summed E-state index contributed by atoms with van der Waals surface area (Å²) in [5.41, 5.74) is 7.16. The van der Waals surface area contributed by atoms with Gasteiger partial charge in [0, 0.05) is 4.47 Å². The predicted molar refractivity (Wildman–Crippen MR) is 77.2 cm³/mol. The van der Waals surface area contributed by atoms with Crippen molar-refractivity contribution < 1.29 is 4.79 Å². The Labute approximate surface area is 115 Å². The quantitative estimate of drug-likeness (QED) is 0.840. The molecular weight excluding hydrogens is 300 g/mol. The molecular formula is C12H15BrN2OS. The van der Waals surface area contributed by atoms with E-state index in [-0.39, 0.29) is 11.9 Å². The van der Waals surface area contributed by atoms with Gasteiger partial charge in [-0.25, -0.2) is 0 Å². The van der Waals surface area contributed by atoms with Gasteiger partial charge in [-0.15, -0.1) is 0 Å². The summed E-state index contributed by atoms with van der Waals surface area (Å²) in [6.07, 6.45) is 0.685. The molecule has 0 aliphatic carbocycles. The Morgan fingerprint density at radius 1 is 1.59 bits per heavy atom. The molecule has 1 amide bonds. The number of rotatable bonds is 4. The first-order valence-corrected chi connectivity index (χ1v) is 6.52. The van der Waals surface area contributed by atoms with Gasteiger partial charge in [-0.2, -0.15) is 0 Å². The maximum Gasteiger partial charge on any atom is 0.252 e. The van der Waals surface area contributed by atoms with E-state index in [9.17, 15) is 4.79 Å². The first-order valence-electron chi connectivity index (χ1n) is 5.32. The number of thiocarbonyl (C=S) groups is 1. The molecule has 0 fully saturated rings. The number of nitrogens with one attached hydrogen (secondary N) is 1. The summed E-state index contributed by atoms with van der Waals surface area (Å²) in [6.45, 7) is 3.86. The number of carbonyl (C=O) groups excluding carboxylic acids is 1. The number of aryl methyl sites for hydroxylation is 1. The van der Waals surface area contributed by atoms with Crippen LogP contribution in [-0.4, -0.2) is 16.9 Å². The maximum absolute atomic E-state index is 12.0. The highest BCUT2D eigenvalue weighted by atomic mass is 79.9. The Hall–Kier alpha value is -0.940. The van der Waals surface area contributed by atoms with Gasteiger partial charge in [0.1, 0.15) is 0 Å². The summed E-state index contributed by atoms with van der Waals surface area (Å²) in [6, 6.07) is 5.28. The van der Waals surface area contributed by atoms with Crippen LogP contribution in [0.4, 0.5) is 0 Å². The first-order chi connectivity index (χ1) is 7.97. The molecule has 0 saturated carbocycles. The first kappa shape index (κ1) is 14.1. The number of benzene rings is 1. The number of hydrogen-bond acceptors (Lipinski definition) is 2. The summed E-state index contributed by atoms with van der Waals surface area (Å²) in [4.78, 5) is 12.3. The number of amides is 1. The lowest BCUT2D eigenvalue weighted by Gasteiger charge is -2.16. The molecule has 1 rings (SSSR count). The maximum atomic E-state index is 12.0. The summed E-state index contributed by atoms with van der Waals surface area (Å²) in [5, 5.41) is 2.82. The Balaban J connectivity index is 2.90. The van der Waals surface area contributed by atoms with Crippen LogP contribution in [0.1, 0.15) is 29.3 Å². The van der Waals surface area contributed by atoms with Crippen LogP contribution in [0.5, 0.6) is 0 Å². The fraction of sp³-hybridized carbons (Fsp3) is 0.333. The van der Waals surface area contributed by atoms with E-state index in [2.05, 4.69) is 21.2 Å². The fourth-order valence-electron chi connectivity index (χ4n) is 1.43. The third-order valence-corrected chi connectivity index (χ3v) is 3.83. The molecule has 0 radical (unpaired) electrons. The van der Waals surface area contributed by atoms with Crippen LogP contribution >= 0.6 is 28.1 Å². The SMILES string of the molecule is CCC(NC(=O)c1cccc(C)c1Br)C(N)=S. The standard InChI is InChI=1S/C12H15BrN2OS/c1-3-9(11(14)17)15-12(16)8-6-4-5-7(2)10(8)13/h4-6,9H,3H2,1-2H3,(H2,14,17)(H,15,16). The highest BCUT2D eigenvalue weighted by Gasteiger charge is 2.16. The topological polar surface area (TPSA) is 55.1 Å². The molecule has 1 aromatic rings. The van der Waals surface area contributed by atoms with E-state index in [1.165, 1.54) is 0 Å². The van der Waals surface area contributed by atoms with Gasteiger partial charge < -0.3 is 11.1 Å². The van der Waals surface area contributed by atoms with Crippen molar-refractivity contribution in [3.63, 3.8) is 0 Å². The summed E-state index contributed by atoms with van der Waals surface area (Å²) in [5.74, 6) is -0.166. The van der Waals surface area contributed by atoms with Crippen LogP contribution in [-0.2, 0) is 0 Å². The van der Waals surface area contributed by atoms with Crippen molar-refractivity contribution in [3.05, 3.63) is 33.8 Å². The molecule has 1 unspecified atom stereocenters. The second-order valence-corrected chi connectivity index (χ2v) is 5.04. The van der Waals surface area contributed by atoms with E-state index in [0.717, 1.165) is 10.0 Å². The van der Waals surface area contributed by atoms with Crippen LogP contribution in [0.3, 0.4) is 0 Å². The molecule has 0 aliphatic rings. The van der Waals surface area contributed by atoms with E-state index in [4.69, 9.17) is 18.0 Å². The Kier molecular flexibility index (Phi) is 5.08. The number of nitrogens with two attached hydrogens (primary N) is 1. The van der Waals surface area contributed by atoms with E-state index < -0.39 is 0 Å². The molecule has 0 aliphatic heterocycles. The van der Waals surface area contributed by atoms with Gasteiger partial charge in [0.15, 0.2) is 0 Å². The van der Waals surface area contributed by atoms with Gasteiger partial charge in [-0.05, 0) is 40.9 Å². The van der Waals surface area contributed by atoms with Gasteiger partial charge in [0.05, 0.1) is 16.6 Å². The number of carbonyl (C=O) groups is 1. The van der Waals surface area contributed by atoms with Crippen LogP contribution in [0.2, 0.25) is 0 Å². The van der Waals surface area contributed by atoms with Crippen LogP contribution in [0, 0.1) is 6.92 Å². The second-order valence-electron chi connectivity index (χ2n) is 3.77. The van der Waals surface area contributed by atoms with E-state index in [0.29, 0.717) is 17.0 Å². The molecule has 0 spiro atoms. The van der Waals surface area contributed by atoms with Gasteiger partial charge in [-0.3, -0.25) is 4.79 Å². The smallest absolute Gasteiger partial charge is 0.252 e. The third-order valence-electron chi connectivity index (χ3n) is 2.49. The van der Waals surface area contributed by atoms with E-state index in [1.807, 2.05) is 26.0 Å². The van der Waals surface area contributed by atoms with Crippen molar-refractivity contribution in [2.75, 3.05) is 0 Å². The molecule has 0 heterocycles. The molecule has 3 nitrogen and oxygen atoms in total. The summed E-state index contributed by atoms with van der Waals surface area (Å²) in [7, 11) is 0. The summed E-state index contributed by atoms with van der Waals surface area (Å²) >= 11 is 8.30. The van der Waals surface area contributed by atoms with Crippen LogP contribution in [0.15, 0.2) is 22.7 Å². The van der Waals surface area contributed by atoms with Gasteiger partial charge >= 0.3 is 0 Å². The number of hydrogen-bond donors (Lipinski definition) is 2. The molecule has 3 N–H and O–H groups in total. The lowest BCUT2D eigenvalue weighted by molar-refractivity contribution is 0.0945. The average molecular weight is 315 g/mol. The largest absolute Gasteiger partial charge is 0.392 e. The molecule has 0 aromatic heterocycles. The zero-order chi connectivity index (χ0) is 13.0. The molecule has 1 atom stereocenters. The molecule has 92 valence electrons. The van der Waals surface area contributed by atoms with Gasteiger partial charge in [0.25, 0.3) is 5.91 Å². The van der Waals surface area contributed by atoms with Crippen molar-refractivity contribution in [1.29, 1.82) is 0 Å². The van der Waals surface area contributed by atoms with Gasteiger partial charge in [0.2, 0.25) is 0 Å². The minimum absolute atomic E-state index is 0.166. The monoisotopic (exact) mass is 314 g/mol. The van der Waals surface area contributed by atoms with Crippen molar-refractivity contribution in [1.82, 2.24) is 5.32 Å². The van der Waals surface area contributed by atoms with Crippen molar-refractivity contribution in [3.8, 4) is 0 Å². The van der Waals surface area contributed by atoms with Crippen molar-refractivity contribution in [2.24, 2.45) is 5.73 Å². The predicted octanol–water partition coefficient (Wildman–Crippen LogP) is 2.55. The molecule has 0 bridgehead atoms. The second kappa shape index (κ2) is 6.12. The minimum Gasteiger partial charge on any atom is -0.392 e. The van der Waals surface area contributed by atoms with E-state index in [1.54, 1.807) is 6.07 Å². The van der Waals surface area contributed by atoms with Crippen LogP contribution < -0.4 is 11.1 Å². The highest BCUT2D eigenvalue weighted by Crippen LogP contribution is 2.21. The van der Waals surface area contributed by atoms with Crippen LogP contribution in [0.25, 0.3) is 0 Å². The lowest BCUT2D eigenvalue weighted by atomic mass is 10.1. The van der Waals surface area contributed by atoms with E-state index >= 15 is 0 Å². The zero-order valence-electron chi connectivity index (χ0n) is 9.79. The summed E-state index contributed by atoms with van der Waals surface area (Å²) < 4.78 is 0.801. The third kappa shape index (κ3) is 3.51. The molecule has 1 aromatic carbocycles. The van der Waals surface area contributed by atoms with Gasteiger partial charge in [-0.1, -0.05) is 31.3 Å². The average Bonchev–Trinajstić information content (AvgIpc) is 2.28. The highest BCUT2D eigenvalue weighted by molar-refractivity contribution is 9.10. The number of halogens is 1. The Morgan fingerprint density at radius 2 is 2.24 bits per heavy atom. The zero-order valence-corrected chi connectivity index (χ0v) is 12.2. The Morgan fingerprint density at radius 3 is 2.76 bits per heavy atom. The minimum atomic E-state index is -0.259. The van der Waals surface area contributed by atoms with Crippen molar-refractivity contribution >= 4 is 39.0 Å². The van der Waals surface area contributed by atoms with Crippen molar-refractivity contribution in [2.45, 2.75) is 26.3 Å².